The van der Waals surface area contributed by atoms with Crippen molar-refractivity contribution in [3.05, 3.63) is 41.0 Å². The number of nitrogens with zero attached hydrogens (tertiary/aromatic N) is 5. The van der Waals surface area contributed by atoms with Gasteiger partial charge in [0, 0.05) is 58.8 Å². The molecule has 0 spiro atoms. The van der Waals surface area contributed by atoms with E-state index in [1.165, 1.54) is 4.90 Å². The second-order valence-electron chi connectivity index (χ2n) is 17.4. The molecule has 3 aliphatic heterocycles. The highest BCUT2D eigenvalue weighted by atomic mass is 32.1. The number of rotatable bonds is 10. The standard InChI is InChI=1S/C40H61N7O6S/c1-26(29-9-11-30(12-10-29)34-27(2)41-25-54-34)42-36(50)32-21-31(48)23-47(32)37(51)35(39(3,4)5)43-33(49)24-45-19-17-44(18-20-45)22-28-13-15-46(16-14-28)38(52)53-40(6,7)8/h9-12,25-26,28,31-32,35,48H,13-24H2,1-8H3,(H,42,50)(H,43,49)/t26?,31-,32+,35?/m1/s1. The number of benzene rings is 1. The van der Waals surface area contributed by atoms with Crippen LogP contribution < -0.4 is 10.6 Å². The minimum absolute atomic E-state index is 0.0264. The van der Waals surface area contributed by atoms with Gasteiger partial charge in [-0.15, -0.1) is 11.3 Å². The maximum Gasteiger partial charge on any atom is 0.410 e. The third-order valence-electron chi connectivity index (χ3n) is 10.7. The molecule has 13 nitrogen and oxygen atoms in total. The fraction of sp³-hybridized carbons (Fsp3) is 0.675. The number of aryl methyl sites for hydroxylation is 1. The molecule has 3 saturated heterocycles. The van der Waals surface area contributed by atoms with E-state index in [9.17, 15) is 24.3 Å². The predicted octanol–water partition coefficient (Wildman–Crippen LogP) is 4.05. The molecule has 5 rings (SSSR count). The highest BCUT2D eigenvalue weighted by Crippen LogP contribution is 2.30. The fourth-order valence-electron chi connectivity index (χ4n) is 7.54. The Kier molecular flexibility index (Phi) is 13.5. The Bertz CT molecular complexity index is 1600. The maximum atomic E-state index is 14.1. The number of aromatic nitrogens is 1. The second kappa shape index (κ2) is 17.5. The number of carbonyl (C=O) groups excluding carboxylic acids is 4. The summed E-state index contributed by atoms with van der Waals surface area (Å²) in [6, 6.07) is 5.95. The molecule has 298 valence electrons. The molecule has 2 aromatic rings. The van der Waals surface area contributed by atoms with Crippen LogP contribution in [-0.4, -0.2) is 136 Å². The summed E-state index contributed by atoms with van der Waals surface area (Å²) >= 11 is 1.59. The molecule has 3 N–H and O–H groups in total. The minimum Gasteiger partial charge on any atom is -0.444 e. The SMILES string of the molecule is Cc1ncsc1-c1ccc(C(C)NC(=O)[C@@H]2C[C@@H](O)CN2C(=O)C(NC(=O)CN2CCN(CC3CCN(C(=O)OC(C)(C)C)CC3)CC2)C(C)(C)C)cc1. The van der Waals surface area contributed by atoms with Crippen LogP contribution in [0, 0.1) is 18.3 Å². The maximum absolute atomic E-state index is 14.1. The van der Waals surface area contributed by atoms with E-state index in [0.29, 0.717) is 19.0 Å². The van der Waals surface area contributed by atoms with Crippen molar-refractivity contribution in [1.82, 2.24) is 35.2 Å². The van der Waals surface area contributed by atoms with Gasteiger partial charge < -0.3 is 35.2 Å². The van der Waals surface area contributed by atoms with Gasteiger partial charge in [-0.25, -0.2) is 9.78 Å². The van der Waals surface area contributed by atoms with Gasteiger partial charge in [0.1, 0.15) is 17.7 Å². The largest absolute Gasteiger partial charge is 0.444 e. The normalized spacial score (nSPS) is 21.8. The van der Waals surface area contributed by atoms with Crippen LogP contribution in [0.25, 0.3) is 10.4 Å². The molecule has 0 bridgehead atoms. The first kappa shape index (κ1) is 41.6. The Balaban J connectivity index is 1.10. The Hall–Kier alpha value is -3.59. The Morgan fingerprint density at radius 3 is 2.15 bits per heavy atom. The van der Waals surface area contributed by atoms with Crippen molar-refractivity contribution in [3.63, 3.8) is 0 Å². The van der Waals surface area contributed by atoms with Gasteiger partial charge >= 0.3 is 6.09 Å². The molecule has 4 heterocycles. The molecule has 0 radical (unpaired) electrons. The van der Waals surface area contributed by atoms with Gasteiger partial charge in [-0.05, 0) is 69.9 Å². The van der Waals surface area contributed by atoms with Crippen molar-refractivity contribution in [2.45, 2.75) is 104 Å². The van der Waals surface area contributed by atoms with Crippen LogP contribution in [0.15, 0.2) is 29.8 Å². The molecule has 54 heavy (non-hydrogen) atoms. The predicted molar refractivity (Wildman–Crippen MR) is 210 cm³/mol. The lowest BCUT2D eigenvalue weighted by molar-refractivity contribution is -0.144. The second-order valence-corrected chi connectivity index (χ2v) is 18.2. The lowest BCUT2D eigenvalue weighted by atomic mass is 9.85. The summed E-state index contributed by atoms with van der Waals surface area (Å²) in [7, 11) is 0. The number of aliphatic hydroxyl groups excluding tert-OH is 1. The van der Waals surface area contributed by atoms with E-state index < -0.39 is 29.2 Å². The van der Waals surface area contributed by atoms with Crippen LogP contribution in [0.4, 0.5) is 4.79 Å². The molecule has 14 heteroatoms. The van der Waals surface area contributed by atoms with Gasteiger partial charge in [0.2, 0.25) is 17.7 Å². The summed E-state index contributed by atoms with van der Waals surface area (Å²) < 4.78 is 5.54. The zero-order valence-corrected chi connectivity index (χ0v) is 34.2. The molecule has 0 saturated carbocycles. The molecule has 3 aliphatic rings. The van der Waals surface area contributed by atoms with Crippen LogP contribution >= 0.6 is 11.3 Å². The number of piperidine rings is 1. The van der Waals surface area contributed by atoms with E-state index in [1.54, 1.807) is 11.3 Å². The lowest BCUT2D eigenvalue weighted by Crippen LogP contribution is -2.59. The van der Waals surface area contributed by atoms with Crippen molar-refractivity contribution in [2.75, 3.05) is 58.9 Å². The summed E-state index contributed by atoms with van der Waals surface area (Å²) in [6.45, 7) is 21.0. The van der Waals surface area contributed by atoms with E-state index in [4.69, 9.17) is 4.74 Å². The first-order valence-electron chi connectivity index (χ1n) is 19.4. The smallest absolute Gasteiger partial charge is 0.410 e. The van der Waals surface area contributed by atoms with E-state index >= 15 is 0 Å². The van der Waals surface area contributed by atoms with Gasteiger partial charge in [0.05, 0.1) is 34.8 Å². The molecule has 4 amide bonds. The third-order valence-corrected chi connectivity index (χ3v) is 11.7. The number of aliphatic hydroxyl groups is 1. The van der Waals surface area contributed by atoms with Crippen molar-refractivity contribution in [2.24, 2.45) is 11.3 Å². The molecular formula is C40H61N7O6S. The quantitative estimate of drug-likeness (QED) is 0.326. The number of ether oxygens (including phenoxy) is 1. The van der Waals surface area contributed by atoms with Crippen molar-refractivity contribution in [3.8, 4) is 10.4 Å². The number of likely N-dealkylation sites (tertiary alicyclic amines) is 2. The Morgan fingerprint density at radius 2 is 1.57 bits per heavy atom. The number of carbonyl (C=O) groups is 4. The van der Waals surface area contributed by atoms with Gasteiger partial charge in [-0.3, -0.25) is 19.3 Å². The van der Waals surface area contributed by atoms with E-state index in [2.05, 4.69) is 25.4 Å². The van der Waals surface area contributed by atoms with Gasteiger partial charge in [0.25, 0.3) is 0 Å². The number of thiazole rings is 1. The fourth-order valence-corrected chi connectivity index (χ4v) is 8.36. The zero-order valence-electron chi connectivity index (χ0n) is 33.4. The number of amides is 4. The number of nitrogens with one attached hydrogen (secondary N) is 2. The van der Waals surface area contributed by atoms with Crippen LogP contribution in [0.2, 0.25) is 0 Å². The summed E-state index contributed by atoms with van der Waals surface area (Å²) in [5.74, 6) is -0.425. The highest BCUT2D eigenvalue weighted by Gasteiger charge is 2.45. The van der Waals surface area contributed by atoms with Crippen LogP contribution in [0.5, 0.6) is 0 Å². The van der Waals surface area contributed by atoms with Crippen LogP contribution in [0.1, 0.15) is 85.0 Å². The van der Waals surface area contributed by atoms with E-state index in [-0.39, 0.29) is 49.4 Å². The minimum atomic E-state index is -0.876. The number of piperazine rings is 1. The molecule has 3 fully saturated rings. The molecule has 2 unspecified atom stereocenters. The van der Waals surface area contributed by atoms with Gasteiger partial charge in [-0.2, -0.15) is 0 Å². The molecule has 0 aliphatic carbocycles. The van der Waals surface area contributed by atoms with Crippen LogP contribution in [-0.2, 0) is 19.1 Å². The Morgan fingerprint density at radius 1 is 0.944 bits per heavy atom. The third kappa shape index (κ3) is 11.0. The number of hydrogen-bond acceptors (Lipinski definition) is 10. The summed E-state index contributed by atoms with van der Waals surface area (Å²) in [5, 5.41) is 16.7. The average Bonchev–Trinajstić information content (AvgIpc) is 3.72. The van der Waals surface area contributed by atoms with Crippen molar-refractivity contribution >= 4 is 35.2 Å². The topological polar surface area (TPSA) is 148 Å². The van der Waals surface area contributed by atoms with E-state index in [1.807, 2.05) is 90.1 Å². The first-order valence-corrected chi connectivity index (χ1v) is 20.3. The lowest BCUT2D eigenvalue weighted by Gasteiger charge is -2.39. The Labute approximate surface area is 324 Å². The summed E-state index contributed by atoms with van der Waals surface area (Å²) in [4.78, 5) is 66.9. The van der Waals surface area contributed by atoms with Crippen LogP contribution in [0.3, 0.4) is 0 Å². The monoisotopic (exact) mass is 767 g/mol. The highest BCUT2D eigenvalue weighted by molar-refractivity contribution is 7.13. The first-order chi connectivity index (χ1) is 25.4. The molecule has 1 aromatic heterocycles. The molecule has 1 aromatic carbocycles. The van der Waals surface area contributed by atoms with Crippen molar-refractivity contribution < 1.29 is 29.0 Å². The molecular weight excluding hydrogens is 707 g/mol. The number of β-amino-alcohol motifs (C(OH)–C–C–N with tert-alkyl or cyclic N) is 1. The zero-order chi connectivity index (χ0) is 39.4. The average molecular weight is 768 g/mol. The van der Waals surface area contributed by atoms with E-state index in [0.717, 1.165) is 67.3 Å². The summed E-state index contributed by atoms with van der Waals surface area (Å²) in [5.41, 5.74) is 3.66. The van der Waals surface area contributed by atoms with Gasteiger partial charge in [-0.1, -0.05) is 45.0 Å². The molecule has 4 atom stereocenters. The van der Waals surface area contributed by atoms with Crippen molar-refractivity contribution in [1.29, 1.82) is 0 Å². The number of hydrogen-bond donors (Lipinski definition) is 3. The van der Waals surface area contributed by atoms with Gasteiger partial charge in [0.15, 0.2) is 0 Å². The summed E-state index contributed by atoms with van der Waals surface area (Å²) in [6.07, 6.45) is 0.944.